The van der Waals surface area contributed by atoms with Gasteiger partial charge in [-0.2, -0.15) is 4.52 Å². The minimum absolute atomic E-state index is 0.0260. The van der Waals surface area contributed by atoms with E-state index in [0.29, 0.717) is 23.8 Å². The monoisotopic (exact) mass is 482 g/mol. The SMILES string of the molecule is COCC(=O)C=C(N)c1nnc2c3ccccc3c(OCC3=NCC(C4CC(F)(F)C4)C=C3)nn12. The molecule has 1 atom stereocenters. The van der Waals surface area contributed by atoms with Gasteiger partial charge in [0, 0.05) is 43.3 Å². The number of aromatic nitrogens is 4. The predicted octanol–water partition coefficient (Wildman–Crippen LogP) is 2.84. The molecule has 9 nitrogen and oxygen atoms in total. The standard InChI is InChI=1S/C24H24F2N6O3/c1-34-13-17(33)8-20(27)22-30-29-21-18-4-2-3-5-19(18)23(31-32(21)22)35-12-16-7-6-14(11-28-16)15-9-24(25,26)10-15/h2-8,14-15H,9-13,27H2,1H3. The number of nitrogens with zero attached hydrogens (tertiary/aromatic N) is 5. The number of ether oxygens (including phenoxy) is 2. The summed E-state index contributed by atoms with van der Waals surface area (Å²) in [7, 11) is 1.42. The zero-order chi connectivity index (χ0) is 24.6. The van der Waals surface area contributed by atoms with Crippen molar-refractivity contribution in [2.75, 3.05) is 26.9 Å². The Bertz CT molecular complexity index is 1370. The Morgan fingerprint density at radius 1 is 1.26 bits per heavy atom. The van der Waals surface area contributed by atoms with Crippen molar-refractivity contribution in [3.63, 3.8) is 0 Å². The number of fused-ring (bicyclic) bond motifs is 3. The van der Waals surface area contributed by atoms with Crippen molar-refractivity contribution >= 4 is 33.6 Å². The first-order valence-corrected chi connectivity index (χ1v) is 11.2. The van der Waals surface area contributed by atoms with Crippen molar-refractivity contribution < 1.29 is 23.0 Å². The smallest absolute Gasteiger partial charge is 0.248 e. The Morgan fingerprint density at radius 3 is 2.71 bits per heavy atom. The number of nitrogens with two attached hydrogens (primary N) is 1. The van der Waals surface area contributed by atoms with E-state index in [0.717, 1.165) is 10.8 Å². The zero-order valence-electron chi connectivity index (χ0n) is 19.0. The number of hydrogen-bond acceptors (Lipinski definition) is 8. The van der Waals surface area contributed by atoms with Gasteiger partial charge in [-0.1, -0.05) is 24.3 Å². The highest BCUT2D eigenvalue weighted by atomic mass is 19.3. The van der Waals surface area contributed by atoms with Crippen LogP contribution in [0.4, 0.5) is 8.78 Å². The van der Waals surface area contributed by atoms with Crippen LogP contribution in [0.25, 0.3) is 22.1 Å². The predicted molar refractivity (Wildman–Crippen MR) is 125 cm³/mol. The van der Waals surface area contributed by atoms with E-state index < -0.39 is 5.92 Å². The molecule has 1 unspecified atom stereocenters. The van der Waals surface area contributed by atoms with E-state index in [4.69, 9.17) is 15.2 Å². The van der Waals surface area contributed by atoms with Gasteiger partial charge >= 0.3 is 0 Å². The number of hydrogen-bond donors (Lipinski definition) is 1. The fraction of sp³-hybridized carbons (Fsp3) is 0.375. The van der Waals surface area contributed by atoms with Crippen LogP contribution >= 0.6 is 0 Å². The van der Waals surface area contributed by atoms with Gasteiger partial charge in [0.15, 0.2) is 11.4 Å². The summed E-state index contributed by atoms with van der Waals surface area (Å²) >= 11 is 0. The van der Waals surface area contributed by atoms with Crippen LogP contribution in [0.1, 0.15) is 18.7 Å². The number of aliphatic imine (C=N–C) groups is 1. The summed E-state index contributed by atoms with van der Waals surface area (Å²) in [6.45, 7) is 0.513. The Labute approximate surface area is 199 Å². The van der Waals surface area contributed by atoms with Gasteiger partial charge in [0.2, 0.25) is 17.6 Å². The number of rotatable bonds is 8. The fourth-order valence-corrected chi connectivity index (χ4v) is 4.38. The number of ketones is 1. The van der Waals surface area contributed by atoms with Crippen LogP contribution in [0, 0.1) is 11.8 Å². The molecule has 0 spiro atoms. The molecule has 3 aromatic rings. The third-order valence-electron chi connectivity index (χ3n) is 6.22. The first-order chi connectivity index (χ1) is 16.8. The first-order valence-electron chi connectivity index (χ1n) is 11.2. The largest absolute Gasteiger partial charge is 0.470 e. The number of methoxy groups -OCH3 is 1. The van der Waals surface area contributed by atoms with Crippen LogP contribution in [-0.2, 0) is 9.53 Å². The second kappa shape index (κ2) is 9.14. The number of halogens is 2. The number of alkyl halides is 2. The molecular formula is C24H24F2N6O3. The molecule has 0 bridgehead atoms. The van der Waals surface area contributed by atoms with Gasteiger partial charge in [-0.25, -0.2) is 8.78 Å². The zero-order valence-corrected chi connectivity index (χ0v) is 19.0. The molecule has 0 amide bonds. The van der Waals surface area contributed by atoms with E-state index in [9.17, 15) is 13.6 Å². The van der Waals surface area contributed by atoms with E-state index in [1.165, 1.54) is 17.7 Å². The number of benzene rings is 1. The molecule has 5 rings (SSSR count). The molecular weight excluding hydrogens is 458 g/mol. The highest BCUT2D eigenvalue weighted by molar-refractivity contribution is 5.99. The van der Waals surface area contributed by atoms with E-state index >= 15 is 0 Å². The lowest BCUT2D eigenvalue weighted by atomic mass is 9.72. The average Bonchev–Trinajstić information content (AvgIpc) is 3.26. The van der Waals surface area contributed by atoms with E-state index in [1.54, 1.807) is 0 Å². The minimum Gasteiger partial charge on any atom is -0.470 e. The Morgan fingerprint density at radius 2 is 2.03 bits per heavy atom. The van der Waals surface area contributed by atoms with Crippen LogP contribution in [0.15, 0.2) is 47.5 Å². The van der Waals surface area contributed by atoms with Crippen LogP contribution in [0.2, 0.25) is 0 Å². The van der Waals surface area contributed by atoms with E-state index in [2.05, 4.69) is 20.3 Å². The van der Waals surface area contributed by atoms with Crippen molar-refractivity contribution in [3.05, 3.63) is 48.3 Å². The van der Waals surface area contributed by atoms with Gasteiger partial charge in [-0.3, -0.25) is 9.79 Å². The molecule has 3 heterocycles. The molecule has 2 aromatic heterocycles. The number of carbonyl (C=O) groups excluding carboxylic acids is 1. The van der Waals surface area contributed by atoms with Crippen LogP contribution in [-0.4, -0.2) is 64.1 Å². The maximum atomic E-state index is 13.2. The first kappa shape index (κ1) is 23.0. The Kier molecular flexibility index (Phi) is 6.01. The fourth-order valence-electron chi connectivity index (χ4n) is 4.38. The Hall–Kier alpha value is -3.73. The van der Waals surface area contributed by atoms with Crippen molar-refractivity contribution in [2.24, 2.45) is 22.6 Å². The van der Waals surface area contributed by atoms with Gasteiger partial charge < -0.3 is 15.2 Å². The molecule has 1 fully saturated rings. The molecule has 1 aliphatic carbocycles. The van der Waals surface area contributed by atoms with Crippen molar-refractivity contribution in [1.82, 2.24) is 19.8 Å². The maximum Gasteiger partial charge on any atom is 0.248 e. The van der Waals surface area contributed by atoms with Crippen LogP contribution in [0.5, 0.6) is 5.88 Å². The van der Waals surface area contributed by atoms with Crippen molar-refractivity contribution in [2.45, 2.75) is 18.8 Å². The van der Waals surface area contributed by atoms with Crippen LogP contribution < -0.4 is 10.5 Å². The molecule has 2 aliphatic rings. The third-order valence-corrected chi connectivity index (χ3v) is 6.22. The molecule has 1 saturated carbocycles. The maximum absolute atomic E-state index is 13.2. The molecule has 35 heavy (non-hydrogen) atoms. The molecule has 0 radical (unpaired) electrons. The average molecular weight is 482 g/mol. The van der Waals surface area contributed by atoms with Gasteiger partial charge in [0.25, 0.3) is 0 Å². The summed E-state index contributed by atoms with van der Waals surface area (Å²) in [4.78, 5) is 16.4. The lowest BCUT2D eigenvalue weighted by Gasteiger charge is -2.39. The second-order valence-electron chi connectivity index (χ2n) is 8.78. The van der Waals surface area contributed by atoms with E-state index in [-0.39, 0.29) is 55.2 Å². The van der Waals surface area contributed by atoms with Gasteiger partial charge in [0.1, 0.15) is 13.2 Å². The molecule has 1 aromatic carbocycles. The number of dihydropyridines is 1. The summed E-state index contributed by atoms with van der Waals surface area (Å²) < 4.78 is 38.7. The molecule has 0 saturated heterocycles. The summed E-state index contributed by atoms with van der Waals surface area (Å²) in [6.07, 6.45) is 4.86. The normalized spacial score (nSPS) is 20.1. The van der Waals surface area contributed by atoms with Gasteiger partial charge in [-0.15, -0.1) is 15.3 Å². The molecule has 182 valence electrons. The lowest BCUT2D eigenvalue weighted by molar-refractivity contribution is -0.120. The lowest BCUT2D eigenvalue weighted by Crippen LogP contribution is -2.40. The quantitative estimate of drug-likeness (QED) is 0.491. The third kappa shape index (κ3) is 4.63. The van der Waals surface area contributed by atoms with Gasteiger partial charge in [0.05, 0.1) is 11.4 Å². The Balaban J connectivity index is 1.38. The highest BCUT2D eigenvalue weighted by Gasteiger charge is 2.47. The summed E-state index contributed by atoms with van der Waals surface area (Å²) in [5.41, 5.74) is 7.36. The molecule has 1 aliphatic heterocycles. The topological polar surface area (TPSA) is 117 Å². The highest BCUT2D eigenvalue weighted by Crippen LogP contribution is 2.46. The molecule has 2 N–H and O–H groups in total. The molecule has 11 heteroatoms. The summed E-state index contributed by atoms with van der Waals surface area (Å²) in [5, 5.41) is 14.3. The summed E-state index contributed by atoms with van der Waals surface area (Å²) in [5.74, 6) is -2.32. The number of carbonyl (C=O) groups is 1. The van der Waals surface area contributed by atoms with Crippen molar-refractivity contribution in [1.29, 1.82) is 0 Å². The van der Waals surface area contributed by atoms with Crippen LogP contribution in [0.3, 0.4) is 0 Å². The summed E-state index contributed by atoms with van der Waals surface area (Å²) in [6, 6.07) is 7.45. The van der Waals surface area contributed by atoms with Crippen molar-refractivity contribution in [3.8, 4) is 5.88 Å². The second-order valence-corrected chi connectivity index (χ2v) is 8.78. The van der Waals surface area contributed by atoms with Gasteiger partial charge in [-0.05, 0) is 24.0 Å². The minimum atomic E-state index is -2.53. The van der Waals surface area contributed by atoms with E-state index in [1.807, 2.05) is 36.4 Å².